The standard InChI is InChI=1S/C14H26N2O5/c1-3-20-7-5-15(6-8-21-4-2)14(19)16-10-12(11-16)9-13(17)18/h12H,3-11H2,1-2H3,(H,17,18). The van der Waals surface area contributed by atoms with Crippen molar-refractivity contribution < 1.29 is 24.2 Å². The number of hydrogen-bond acceptors (Lipinski definition) is 4. The monoisotopic (exact) mass is 302 g/mol. The molecular weight excluding hydrogens is 276 g/mol. The molecule has 0 radical (unpaired) electrons. The van der Waals surface area contributed by atoms with Crippen LogP contribution in [0, 0.1) is 5.92 Å². The van der Waals surface area contributed by atoms with Crippen molar-refractivity contribution in [2.45, 2.75) is 20.3 Å². The molecule has 0 unspecified atom stereocenters. The summed E-state index contributed by atoms with van der Waals surface area (Å²) in [7, 11) is 0. The molecular formula is C14H26N2O5. The van der Waals surface area contributed by atoms with Gasteiger partial charge in [-0.3, -0.25) is 4.79 Å². The summed E-state index contributed by atoms with van der Waals surface area (Å²) in [5, 5.41) is 8.72. The highest BCUT2D eigenvalue weighted by atomic mass is 16.5. The number of nitrogens with zero attached hydrogens (tertiary/aromatic N) is 2. The van der Waals surface area contributed by atoms with Gasteiger partial charge in [0.25, 0.3) is 0 Å². The molecule has 1 heterocycles. The Hall–Kier alpha value is -1.34. The van der Waals surface area contributed by atoms with Crippen molar-refractivity contribution >= 4 is 12.0 Å². The number of carbonyl (C=O) groups excluding carboxylic acids is 1. The summed E-state index contributed by atoms with van der Waals surface area (Å²) in [6.07, 6.45) is 0.127. The van der Waals surface area contributed by atoms with Gasteiger partial charge in [-0.05, 0) is 13.8 Å². The Morgan fingerprint density at radius 1 is 1.14 bits per heavy atom. The second-order valence-corrected chi connectivity index (χ2v) is 5.03. The number of urea groups is 1. The smallest absolute Gasteiger partial charge is 0.320 e. The molecule has 0 aromatic heterocycles. The van der Waals surface area contributed by atoms with Crippen molar-refractivity contribution in [2.24, 2.45) is 5.92 Å². The second kappa shape index (κ2) is 9.57. The summed E-state index contributed by atoms with van der Waals surface area (Å²) in [6.45, 7) is 8.17. The molecule has 7 heteroatoms. The van der Waals surface area contributed by atoms with Crippen LogP contribution in [-0.2, 0) is 14.3 Å². The minimum Gasteiger partial charge on any atom is -0.481 e. The zero-order valence-electron chi connectivity index (χ0n) is 12.9. The molecule has 0 aromatic rings. The highest BCUT2D eigenvalue weighted by Gasteiger charge is 2.34. The molecule has 0 bridgehead atoms. The second-order valence-electron chi connectivity index (χ2n) is 5.03. The number of likely N-dealkylation sites (tertiary alicyclic amines) is 1. The van der Waals surface area contributed by atoms with Gasteiger partial charge in [-0.1, -0.05) is 0 Å². The highest BCUT2D eigenvalue weighted by Crippen LogP contribution is 2.20. The average Bonchev–Trinajstić information content (AvgIpc) is 2.40. The number of carboxylic acids is 1. The fraction of sp³-hybridized carbons (Fsp3) is 0.857. The number of amides is 2. The largest absolute Gasteiger partial charge is 0.481 e. The molecule has 1 rings (SSSR count). The molecule has 7 nitrogen and oxygen atoms in total. The third kappa shape index (κ3) is 6.31. The first-order valence-corrected chi connectivity index (χ1v) is 7.49. The molecule has 1 fully saturated rings. The van der Waals surface area contributed by atoms with Crippen LogP contribution >= 0.6 is 0 Å². The molecule has 1 N–H and O–H groups in total. The Morgan fingerprint density at radius 3 is 2.10 bits per heavy atom. The molecule has 0 aromatic carbocycles. The van der Waals surface area contributed by atoms with Gasteiger partial charge < -0.3 is 24.4 Å². The SMILES string of the molecule is CCOCCN(CCOCC)C(=O)N1CC(CC(=O)O)C1. The van der Waals surface area contributed by atoms with Crippen LogP contribution in [0.5, 0.6) is 0 Å². The molecule has 0 aliphatic carbocycles. The molecule has 0 saturated carbocycles. The Morgan fingerprint density at radius 2 is 1.67 bits per heavy atom. The van der Waals surface area contributed by atoms with E-state index >= 15 is 0 Å². The zero-order valence-corrected chi connectivity index (χ0v) is 12.9. The molecule has 1 aliphatic heterocycles. The average molecular weight is 302 g/mol. The molecule has 1 saturated heterocycles. The van der Waals surface area contributed by atoms with Crippen LogP contribution in [0.2, 0.25) is 0 Å². The van der Waals surface area contributed by atoms with Gasteiger partial charge in [0, 0.05) is 45.3 Å². The van der Waals surface area contributed by atoms with E-state index in [-0.39, 0.29) is 18.4 Å². The number of carbonyl (C=O) groups is 2. The minimum absolute atomic E-state index is 0.0592. The first-order chi connectivity index (χ1) is 10.1. The third-order valence-corrected chi connectivity index (χ3v) is 3.38. The van der Waals surface area contributed by atoms with E-state index in [9.17, 15) is 9.59 Å². The molecule has 0 spiro atoms. The maximum Gasteiger partial charge on any atom is 0.320 e. The number of carboxylic acid groups (broad SMARTS) is 1. The lowest BCUT2D eigenvalue weighted by Gasteiger charge is -2.41. The summed E-state index contributed by atoms with van der Waals surface area (Å²) in [5.74, 6) is -0.733. The number of hydrogen-bond donors (Lipinski definition) is 1. The van der Waals surface area contributed by atoms with Crippen LogP contribution in [0.1, 0.15) is 20.3 Å². The Kier molecular flexibility index (Phi) is 8.07. The summed E-state index contributed by atoms with van der Waals surface area (Å²) >= 11 is 0. The first kappa shape index (κ1) is 17.7. The molecule has 21 heavy (non-hydrogen) atoms. The Bertz CT molecular complexity index is 321. The van der Waals surface area contributed by atoms with Crippen molar-refractivity contribution in [1.82, 2.24) is 9.80 Å². The maximum atomic E-state index is 12.3. The summed E-state index contributed by atoms with van der Waals surface area (Å²) < 4.78 is 10.6. The van der Waals surface area contributed by atoms with Crippen LogP contribution in [0.4, 0.5) is 4.79 Å². The van der Waals surface area contributed by atoms with E-state index in [1.165, 1.54) is 0 Å². The number of ether oxygens (including phenoxy) is 2. The van der Waals surface area contributed by atoms with E-state index in [4.69, 9.17) is 14.6 Å². The van der Waals surface area contributed by atoms with Gasteiger partial charge in [0.2, 0.25) is 0 Å². The molecule has 0 atom stereocenters. The van der Waals surface area contributed by atoms with E-state index in [2.05, 4.69) is 0 Å². The summed E-state index contributed by atoms with van der Waals surface area (Å²) in [6, 6.07) is -0.0592. The molecule has 1 aliphatic rings. The van der Waals surface area contributed by atoms with Crippen LogP contribution in [0.15, 0.2) is 0 Å². The number of aliphatic carboxylic acids is 1. The Balaban J connectivity index is 2.37. The van der Waals surface area contributed by atoms with Crippen LogP contribution in [0.25, 0.3) is 0 Å². The maximum absolute atomic E-state index is 12.3. The first-order valence-electron chi connectivity index (χ1n) is 7.49. The van der Waals surface area contributed by atoms with E-state index in [0.29, 0.717) is 52.6 Å². The number of rotatable bonds is 10. The van der Waals surface area contributed by atoms with E-state index in [0.717, 1.165) is 0 Å². The van der Waals surface area contributed by atoms with E-state index in [1.807, 2.05) is 13.8 Å². The fourth-order valence-corrected chi connectivity index (χ4v) is 2.24. The van der Waals surface area contributed by atoms with Crippen LogP contribution in [-0.4, -0.2) is 79.5 Å². The van der Waals surface area contributed by atoms with Gasteiger partial charge in [0.1, 0.15) is 0 Å². The quantitative estimate of drug-likeness (QED) is 0.606. The van der Waals surface area contributed by atoms with Crippen molar-refractivity contribution in [3.05, 3.63) is 0 Å². The summed E-state index contributed by atoms with van der Waals surface area (Å²) in [4.78, 5) is 26.3. The third-order valence-electron chi connectivity index (χ3n) is 3.38. The minimum atomic E-state index is -0.809. The zero-order chi connectivity index (χ0) is 15.7. The van der Waals surface area contributed by atoms with Crippen molar-refractivity contribution in [3.63, 3.8) is 0 Å². The predicted octanol–water partition coefficient (Wildman–Crippen LogP) is 0.888. The fourth-order valence-electron chi connectivity index (χ4n) is 2.24. The van der Waals surface area contributed by atoms with Gasteiger partial charge in [-0.2, -0.15) is 0 Å². The highest BCUT2D eigenvalue weighted by molar-refractivity contribution is 5.76. The topological polar surface area (TPSA) is 79.3 Å². The Labute approximate surface area is 125 Å². The lowest BCUT2D eigenvalue weighted by atomic mass is 9.97. The lowest BCUT2D eigenvalue weighted by molar-refractivity contribution is -0.139. The van der Waals surface area contributed by atoms with E-state index in [1.54, 1.807) is 9.80 Å². The van der Waals surface area contributed by atoms with Gasteiger partial charge in [0.15, 0.2) is 0 Å². The molecule has 2 amide bonds. The van der Waals surface area contributed by atoms with E-state index < -0.39 is 5.97 Å². The normalized spacial score (nSPS) is 14.9. The van der Waals surface area contributed by atoms with Gasteiger partial charge in [-0.15, -0.1) is 0 Å². The summed E-state index contributed by atoms with van der Waals surface area (Å²) in [5.41, 5.74) is 0. The van der Waals surface area contributed by atoms with Crippen molar-refractivity contribution in [3.8, 4) is 0 Å². The molecule has 122 valence electrons. The van der Waals surface area contributed by atoms with Crippen LogP contribution in [0.3, 0.4) is 0 Å². The van der Waals surface area contributed by atoms with Gasteiger partial charge in [0.05, 0.1) is 19.6 Å². The van der Waals surface area contributed by atoms with Crippen LogP contribution < -0.4 is 0 Å². The van der Waals surface area contributed by atoms with Crippen molar-refractivity contribution in [2.75, 3.05) is 52.6 Å². The van der Waals surface area contributed by atoms with Crippen molar-refractivity contribution in [1.29, 1.82) is 0 Å². The van der Waals surface area contributed by atoms with Gasteiger partial charge in [-0.25, -0.2) is 4.79 Å². The lowest BCUT2D eigenvalue weighted by Crippen LogP contribution is -2.56. The predicted molar refractivity (Wildman–Crippen MR) is 77.3 cm³/mol. The van der Waals surface area contributed by atoms with Gasteiger partial charge >= 0.3 is 12.0 Å².